The van der Waals surface area contributed by atoms with Crippen LogP contribution < -0.4 is 16.0 Å². The number of nitrogens with one attached hydrogen (secondary N) is 1. The Labute approximate surface area is 120 Å². The summed E-state index contributed by atoms with van der Waals surface area (Å²) in [4.78, 5) is 4.01. The average molecular weight is 271 g/mol. The minimum absolute atomic E-state index is 0.196. The fourth-order valence-electron chi connectivity index (χ4n) is 2.07. The number of nitrogens with two attached hydrogens (primary N) is 1. The number of nitrogens with zero attached hydrogens (tertiary/aromatic N) is 1. The fourth-order valence-corrected chi connectivity index (χ4v) is 2.07. The van der Waals surface area contributed by atoms with Crippen molar-refractivity contribution in [1.29, 1.82) is 0 Å². The SMILES string of the molecule is Cc1cccc(OCCC(Cc2ccncc2)NN)c1. The van der Waals surface area contributed by atoms with E-state index < -0.39 is 0 Å². The van der Waals surface area contributed by atoms with Crippen molar-refractivity contribution in [2.24, 2.45) is 5.84 Å². The maximum Gasteiger partial charge on any atom is 0.119 e. The molecule has 1 aromatic heterocycles. The normalized spacial score (nSPS) is 12.1. The average Bonchev–Trinajstić information content (AvgIpc) is 2.47. The van der Waals surface area contributed by atoms with Crippen molar-refractivity contribution in [2.75, 3.05) is 6.61 Å². The Kier molecular flexibility index (Phi) is 5.53. The number of aryl methyl sites for hydroxylation is 1. The van der Waals surface area contributed by atoms with Crippen molar-refractivity contribution >= 4 is 0 Å². The van der Waals surface area contributed by atoms with Crippen LogP contribution in [0.15, 0.2) is 48.8 Å². The van der Waals surface area contributed by atoms with Gasteiger partial charge in [-0.05, 0) is 55.2 Å². The highest BCUT2D eigenvalue weighted by molar-refractivity contribution is 5.27. The van der Waals surface area contributed by atoms with Crippen LogP contribution in [0.25, 0.3) is 0 Å². The van der Waals surface area contributed by atoms with Gasteiger partial charge in [0, 0.05) is 18.4 Å². The Morgan fingerprint density at radius 3 is 2.75 bits per heavy atom. The lowest BCUT2D eigenvalue weighted by atomic mass is 10.1. The van der Waals surface area contributed by atoms with E-state index in [-0.39, 0.29) is 6.04 Å². The Morgan fingerprint density at radius 1 is 1.25 bits per heavy atom. The summed E-state index contributed by atoms with van der Waals surface area (Å²) in [6.07, 6.45) is 5.32. The van der Waals surface area contributed by atoms with Gasteiger partial charge in [0.15, 0.2) is 0 Å². The molecule has 4 heteroatoms. The molecule has 0 aliphatic rings. The topological polar surface area (TPSA) is 60.2 Å². The van der Waals surface area contributed by atoms with Gasteiger partial charge < -0.3 is 4.74 Å². The third kappa shape index (κ3) is 4.64. The molecule has 0 radical (unpaired) electrons. The van der Waals surface area contributed by atoms with Gasteiger partial charge in [-0.25, -0.2) is 0 Å². The van der Waals surface area contributed by atoms with Crippen LogP contribution in [0, 0.1) is 6.92 Å². The molecule has 0 spiro atoms. The van der Waals surface area contributed by atoms with Crippen LogP contribution in [0.2, 0.25) is 0 Å². The lowest BCUT2D eigenvalue weighted by molar-refractivity contribution is 0.285. The van der Waals surface area contributed by atoms with Gasteiger partial charge in [0.05, 0.1) is 6.61 Å². The van der Waals surface area contributed by atoms with Crippen LogP contribution in [0.5, 0.6) is 5.75 Å². The Bertz CT molecular complexity index is 516. The summed E-state index contributed by atoms with van der Waals surface area (Å²) in [5, 5.41) is 0. The smallest absolute Gasteiger partial charge is 0.119 e. The van der Waals surface area contributed by atoms with E-state index in [4.69, 9.17) is 10.6 Å². The number of pyridine rings is 1. The zero-order valence-corrected chi connectivity index (χ0v) is 11.8. The standard InChI is InChI=1S/C16H21N3O/c1-13-3-2-4-16(11-13)20-10-7-15(19-17)12-14-5-8-18-9-6-14/h2-6,8-9,11,15,19H,7,10,12,17H2,1H3. The summed E-state index contributed by atoms with van der Waals surface area (Å²) in [6, 6.07) is 12.3. The predicted octanol–water partition coefficient (Wildman–Crippen LogP) is 2.23. The summed E-state index contributed by atoms with van der Waals surface area (Å²) >= 11 is 0. The van der Waals surface area contributed by atoms with Gasteiger partial charge in [0.25, 0.3) is 0 Å². The van der Waals surface area contributed by atoms with Gasteiger partial charge in [-0.2, -0.15) is 0 Å². The van der Waals surface area contributed by atoms with Gasteiger partial charge in [-0.1, -0.05) is 12.1 Å². The maximum atomic E-state index is 5.75. The molecule has 0 aliphatic heterocycles. The van der Waals surface area contributed by atoms with E-state index in [9.17, 15) is 0 Å². The molecule has 1 heterocycles. The second-order valence-corrected chi connectivity index (χ2v) is 4.88. The van der Waals surface area contributed by atoms with Crippen molar-refractivity contribution in [3.8, 4) is 5.75 Å². The molecule has 1 unspecified atom stereocenters. The van der Waals surface area contributed by atoms with Crippen molar-refractivity contribution in [3.05, 3.63) is 59.9 Å². The summed E-state index contributed by atoms with van der Waals surface area (Å²) in [7, 11) is 0. The fraction of sp³-hybridized carbons (Fsp3) is 0.312. The second kappa shape index (κ2) is 7.62. The van der Waals surface area contributed by atoms with Gasteiger partial charge in [0.2, 0.25) is 0 Å². The summed E-state index contributed by atoms with van der Waals surface area (Å²) < 4.78 is 5.75. The largest absolute Gasteiger partial charge is 0.494 e. The Hall–Kier alpha value is -1.91. The summed E-state index contributed by atoms with van der Waals surface area (Å²) in [6.45, 7) is 2.70. The number of ether oxygens (including phenoxy) is 1. The zero-order valence-electron chi connectivity index (χ0n) is 11.8. The van der Waals surface area contributed by atoms with Crippen LogP contribution in [0.1, 0.15) is 17.5 Å². The van der Waals surface area contributed by atoms with E-state index in [1.54, 1.807) is 12.4 Å². The van der Waals surface area contributed by atoms with Crippen LogP contribution in [-0.2, 0) is 6.42 Å². The number of hydrogen-bond acceptors (Lipinski definition) is 4. The molecule has 0 fully saturated rings. The van der Waals surface area contributed by atoms with Gasteiger partial charge in [-0.3, -0.25) is 16.3 Å². The lowest BCUT2D eigenvalue weighted by Gasteiger charge is -2.16. The number of hydrazine groups is 1. The molecule has 1 atom stereocenters. The highest BCUT2D eigenvalue weighted by Crippen LogP contribution is 2.13. The first-order valence-electron chi connectivity index (χ1n) is 6.82. The number of aromatic nitrogens is 1. The molecular weight excluding hydrogens is 250 g/mol. The van der Waals surface area contributed by atoms with E-state index in [0.29, 0.717) is 6.61 Å². The third-order valence-corrected chi connectivity index (χ3v) is 3.19. The molecule has 106 valence electrons. The molecule has 1 aromatic carbocycles. The first kappa shape index (κ1) is 14.5. The molecule has 2 rings (SSSR count). The molecular formula is C16H21N3O. The third-order valence-electron chi connectivity index (χ3n) is 3.19. The molecule has 0 saturated carbocycles. The van der Waals surface area contributed by atoms with E-state index in [1.165, 1.54) is 11.1 Å². The van der Waals surface area contributed by atoms with E-state index in [1.807, 2.05) is 30.3 Å². The minimum Gasteiger partial charge on any atom is -0.494 e. The van der Waals surface area contributed by atoms with Crippen molar-refractivity contribution in [3.63, 3.8) is 0 Å². The highest BCUT2D eigenvalue weighted by Gasteiger charge is 2.08. The van der Waals surface area contributed by atoms with Crippen molar-refractivity contribution in [2.45, 2.75) is 25.8 Å². The maximum absolute atomic E-state index is 5.75. The van der Waals surface area contributed by atoms with E-state index in [2.05, 4.69) is 23.4 Å². The van der Waals surface area contributed by atoms with Crippen LogP contribution >= 0.6 is 0 Å². The summed E-state index contributed by atoms with van der Waals surface area (Å²) in [5.41, 5.74) is 5.27. The molecule has 4 nitrogen and oxygen atoms in total. The van der Waals surface area contributed by atoms with Crippen LogP contribution in [-0.4, -0.2) is 17.6 Å². The molecule has 20 heavy (non-hydrogen) atoms. The monoisotopic (exact) mass is 271 g/mol. The number of hydrogen-bond donors (Lipinski definition) is 2. The minimum atomic E-state index is 0.196. The number of rotatable bonds is 7. The molecule has 3 N–H and O–H groups in total. The van der Waals surface area contributed by atoms with Crippen molar-refractivity contribution < 1.29 is 4.74 Å². The van der Waals surface area contributed by atoms with Gasteiger partial charge >= 0.3 is 0 Å². The predicted molar refractivity (Wildman–Crippen MR) is 80.3 cm³/mol. The van der Waals surface area contributed by atoms with Crippen LogP contribution in [0.4, 0.5) is 0 Å². The second-order valence-electron chi connectivity index (χ2n) is 4.88. The highest BCUT2D eigenvalue weighted by atomic mass is 16.5. The first-order chi connectivity index (χ1) is 9.78. The lowest BCUT2D eigenvalue weighted by Crippen LogP contribution is -2.37. The van der Waals surface area contributed by atoms with Crippen LogP contribution in [0.3, 0.4) is 0 Å². The molecule has 0 aliphatic carbocycles. The van der Waals surface area contributed by atoms with Gasteiger partial charge in [-0.15, -0.1) is 0 Å². The quantitative estimate of drug-likeness (QED) is 0.599. The number of benzene rings is 1. The zero-order chi connectivity index (χ0) is 14.2. The Balaban J connectivity index is 1.79. The first-order valence-corrected chi connectivity index (χ1v) is 6.82. The van der Waals surface area contributed by atoms with E-state index in [0.717, 1.165) is 18.6 Å². The van der Waals surface area contributed by atoms with Crippen molar-refractivity contribution in [1.82, 2.24) is 10.4 Å². The summed E-state index contributed by atoms with van der Waals surface area (Å²) in [5.74, 6) is 6.51. The van der Waals surface area contributed by atoms with Gasteiger partial charge in [0.1, 0.15) is 5.75 Å². The molecule has 0 amide bonds. The Morgan fingerprint density at radius 2 is 2.05 bits per heavy atom. The molecule has 2 aromatic rings. The molecule has 0 bridgehead atoms. The van der Waals surface area contributed by atoms with E-state index >= 15 is 0 Å². The molecule has 0 saturated heterocycles.